The van der Waals surface area contributed by atoms with Gasteiger partial charge in [-0.3, -0.25) is 9.80 Å². The highest BCUT2D eigenvalue weighted by Gasteiger charge is 2.22. The minimum absolute atomic E-state index is 0.125. The Morgan fingerprint density at radius 3 is 2.56 bits per heavy atom. The maximum atomic E-state index is 14.2. The lowest BCUT2D eigenvalue weighted by molar-refractivity contribution is 0.105. The molecule has 3 aromatic rings. The molecule has 0 atom stereocenters. The van der Waals surface area contributed by atoms with Crippen LogP contribution in [0, 0.1) is 17.6 Å². The molecule has 1 fully saturated rings. The Hall–Kier alpha value is -2.41. The van der Waals surface area contributed by atoms with Crippen molar-refractivity contribution in [3.63, 3.8) is 0 Å². The third-order valence-corrected chi connectivity index (χ3v) is 6.30. The summed E-state index contributed by atoms with van der Waals surface area (Å²) in [6.45, 7) is 5.68. The van der Waals surface area contributed by atoms with Crippen molar-refractivity contribution in [1.82, 2.24) is 14.8 Å². The average Bonchev–Trinajstić information content (AvgIpc) is 2.81. The van der Waals surface area contributed by atoms with Gasteiger partial charge < -0.3 is 4.74 Å². The van der Waals surface area contributed by atoms with Crippen LogP contribution in [0.2, 0.25) is 0 Å². The van der Waals surface area contributed by atoms with Crippen molar-refractivity contribution in [2.24, 2.45) is 5.92 Å². The number of halogens is 2. The standard InChI is InChI=1S/C26H31F2N3O/c1-32-16-15-31(19-23-10-9-21-6-4-8-25(28)26(21)29-23)17-20-11-13-30(14-12-20)18-22-5-2-3-7-24(22)27/h2-10,20H,11-19H2,1H3. The third-order valence-electron chi connectivity index (χ3n) is 6.30. The van der Waals surface area contributed by atoms with Gasteiger partial charge in [0.05, 0.1) is 12.3 Å². The average molecular weight is 440 g/mol. The number of benzene rings is 2. The molecular weight excluding hydrogens is 408 g/mol. The van der Waals surface area contributed by atoms with E-state index in [0.717, 1.165) is 55.7 Å². The molecule has 0 aliphatic carbocycles. The first-order valence-corrected chi connectivity index (χ1v) is 11.3. The van der Waals surface area contributed by atoms with Gasteiger partial charge in [0, 0.05) is 44.2 Å². The fourth-order valence-corrected chi connectivity index (χ4v) is 4.48. The van der Waals surface area contributed by atoms with Gasteiger partial charge in [-0.05, 0) is 50.0 Å². The third kappa shape index (κ3) is 5.88. The summed E-state index contributed by atoms with van der Waals surface area (Å²) in [6.07, 6.45) is 2.16. The smallest absolute Gasteiger partial charge is 0.149 e. The molecular formula is C26H31F2N3O. The molecule has 1 aliphatic heterocycles. The summed E-state index contributed by atoms with van der Waals surface area (Å²) in [6, 6.07) is 16.0. The Morgan fingerprint density at radius 1 is 1.00 bits per heavy atom. The molecule has 1 aliphatic rings. The normalized spacial score (nSPS) is 15.6. The number of likely N-dealkylation sites (tertiary alicyclic amines) is 1. The molecule has 170 valence electrons. The fraction of sp³-hybridized carbons (Fsp3) is 0.423. The zero-order valence-corrected chi connectivity index (χ0v) is 18.6. The van der Waals surface area contributed by atoms with E-state index < -0.39 is 0 Å². The van der Waals surface area contributed by atoms with Crippen LogP contribution in [-0.2, 0) is 17.8 Å². The van der Waals surface area contributed by atoms with Crippen LogP contribution in [-0.4, -0.2) is 54.7 Å². The van der Waals surface area contributed by atoms with Gasteiger partial charge in [0.15, 0.2) is 0 Å². The predicted molar refractivity (Wildman–Crippen MR) is 123 cm³/mol. The van der Waals surface area contributed by atoms with Gasteiger partial charge in [-0.25, -0.2) is 13.8 Å². The van der Waals surface area contributed by atoms with Gasteiger partial charge in [-0.1, -0.05) is 36.4 Å². The van der Waals surface area contributed by atoms with E-state index in [9.17, 15) is 8.78 Å². The van der Waals surface area contributed by atoms with E-state index in [1.165, 1.54) is 12.1 Å². The van der Waals surface area contributed by atoms with Crippen molar-refractivity contribution >= 4 is 10.9 Å². The summed E-state index contributed by atoms with van der Waals surface area (Å²) in [4.78, 5) is 9.27. The molecule has 1 saturated heterocycles. The Bertz CT molecular complexity index is 1020. The summed E-state index contributed by atoms with van der Waals surface area (Å²) >= 11 is 0. The zero-order chi connectivity index (χ0) is 22.3. The molecule has 0 bridgehead atoms. The number of methoxy groups -OCH3 is 1. The largest absolute Gasteiger partial charge is 0.383 e. The SMILES string of the molecule is COCCN(Cc1ccc2cccc(F)c2n1)CC1CCN(Cc2ccccc2F)CC1. The first kappa shape index (κ1) is 22.8. The lowest BCUT2D eigenvalue weighted by Gasteiger charge is -2.35. The summed E-state index contributed by atoms with van der Waals surface area (Å²) < 4.78 is 33.5. The van der Waals surface area contributed by atoms with Gasteiger partial charge in [0.2, 0.25) is 0 Å². The maximum absolute atomic E-state index is 14.2. The van der Waals surface area contributed by atoms with Crippen LogP contribution < -0.4 is 0 Å². The minimum Gasteiger partial charge on any atom is -0.383 e. The van der Waals surface area contributed by atoms with Crippen molar-refractivity contribution < 1.29 is 13.5 Å². The van der Waals surface area contributed by atoms with Crippen LogP contribution in [0.25, 0.3) is 10.9 Å². The van der Waals surface area contributed by atoms with Gasteiger partial charge in [0.1, 0.15) is 17.2 Å². The number of piperidine rings is 1. The number of nitrogens with zero attached hydrogens (tertiary/aromatic N) is 3. The van der Waals surface area contributed by atoms with Crippen LogP contribution >= 0.6 is 0 Å². The molecule has 0 saturated carbocycles. The van der Waals surface area contributed by atoms with E-state index in [1.54, 1.807) is 19.2 Å². The molecule has 0 N–H and O–H groups in total. The van der Waals surface area contributed by atoms with Crippen LogP contribution in [0.5, 0.6) is 0 Å². The Labute approximate surface area is 188 Å². The number of hydrogen-bond donors (Lipinski definition) is 0. The van der Waals surface area contributed by atoms with Crippen molar-refractivity contribution in [2.45, 2.75) is 25.9 Å². The second-order valence-corrected chi connectivity index (χ2v) is 8.65. The molecule has 0 unspecified atom stereocenters. The second-order valence-electron chi connectivity index (χ2n) is 8.65. The number of para-hydroxylation sites is 1. The molecule has 1 aromatic heterocycles. The predicted octanol–water partition coefficient (Wildman–Crippen LogP) is 4.87. The molecule has 32 heavy (non-hydrogen) atoms. The highest BCUT2D eigenvalue weighted by Crippen LogP contribution is 2.22. The lowest BCUT2D eigenvalue weighted by Crippen LogP contribution is -2.39. The summed E-state index contributed by atoms with van der Waals surface area (Å²) in [5.74, 6) is 0.163. The quantitative estimate of drug-likeness (QED) is 0.475. The Morgan fingerprint density at radius 2 is 1.78 bits per heavy atom. The van der Waals surface area contributed by atoms with E-state index in [-0.39, 0.29) is 11.6 Å². The molecule has 6 heteroatoms. The van der Waals surface area contributed by atoms with Gasteiger partial charge in [0.25, 0.3) is 0 Å². The van der Waals surface area contributed by atoms with Crippen LogP contribution in [0.15, 0.2) is 54.6 Å². The Balaban J connectivity index is 1.35. The lowest BCUT2D eigenvalue weighted by atomic mass is 9.95. The summed E-state index contributed by atoms with van der Waals surface area (Å²) in [7, 11) is 1.71. The van der Waals surface area contributed by atoms with Crippen molar-refractivity contribution in [1.29, 1.82) is 0 Å². The van der Waals surface area contributed by atoms with Crippen LogP contribution in [0.4, 0.5) is 8.78 Å². The highest BCUT2D eigenvalue weighted by atomic mass is 19.1. The molecule has 0 amide bonds. The first-order valence-electron chi connectivity index (χ1n) is 11.3. The van der Waals surface area contributed by atoms with E-state index >= 15 is 0 Å². The zero-order valence-electron chi connectivity index (χ0n) is 18.6. The first-order chi connectivity index (χ1) is 15.6. The molecule has 4 rings (SSSR count). The van der Waals surface area contributed by atoms with Crippen LogP contribution in [0.1, 0.15) is 24.1 Å². The highest BCUT2D eigenvalue weighted by molar-refractivity contribution is 5.79. The second kappa shape index (κ2) is 10.9. The number of hydrogen-bond acceptors (Lipinski definition) is 4. The van der Waals surface area contributed by atoms with Crippen molar-refractivity contribution in [2.75, 3.05) is 39.9 Å². The van der Waals surface area contributed by atoms with E-state index in [2.05, 4.69) is 14.8 Å². The molecule has 0 spiro atoms. The number of ether oxygens (including phenoxy) is 1. The topological polar surface area (TPSA) is 28.6 Å². The van der Waals surface area contributed by atoms with E-state index in [1.807, 2.05) is 30.3 Å². The van der Waals surface area contributed by atoms with Gasteiger partial charge >= 0.3 is 0 Å². The Kier molecular flexibility index (Phi) is 7.79. The van der Waals surface area contributed by atoms with Gasteiger partial charge in [-0.15, -0.1) is 0 Å². The summed E-state index contributed by atoms with van der Waals surface area (Å²) in [5, 5.41) is 0.819. The molecule has 2 aromatic carbocycles. The number of pyridine rings is 1. The molecule has 0 radical (unpaired) electrons. The monoisotopic (exact) mass is 439 g/mol. The minimum atomic E-state index is -0.282. The number of aromatic nitrogens is 1. The molecule has 2 heterocycles. The van der Waals surface area contributed by atoms with Crippen LogP contribution in [0.3, 0.4) is 0 Å². The molecule has 4 nitrogen and oxygen atoms in total. The maximum Gasteiger partial charge on any atom is 0.149 e. The van der Waals surface area contributed by atoms with E-state index in [4.69, 9.17) is 4.74 Å². The summed E-state index contributed by atoms with van der Waals surface area (Å²) in [5.41, 5.74) is 2.07. The number of rotatable bonds is 9. The number of fused-ring (bicyclic) bond motifs is 1. The van der Waals surface area contributed by atoms with Crippen molar-refractivity contribution in [3.8, 4) is 0 Å². The van der Waals surface area contributed by atoms with Gasteiger partial charge in [-0.2, -0.15) is 0 Å². The fourth-order valence-electron chi connectivity index (χ4n) is 4.48. The van der Waals surface area contributed by atoms with Crippen molar-refractivity contribution in [3.05, 3.63) is 77.5 Å². The van der Waals surface area contributed by atoms with E-state index in [0.29, 0.717) is 31.1 Å².